The third-order valence-corrected chi connectivity index (χ3v) is 6.06. The summed E-state index contributed by atoms with van der Waals surface area (Å²) in [7, 11) is 0. The van der Waals surface area contributed by atoms with Crippen LogP contribution in [0.1, 0.15) is 45.4 Å². The molecule has 3 N–H and O–H groups in total. The maximum absolute atomic E-state index is 13.0. The van der Waals surface area contributed by atoms with Gasteiger partial charge in [-0.1, -0.05) is 12.8 Å². The van der Waals surface area contributed by atoms with Gasteiger partial charge in [-0.05, 0) is 32.6 Å². The largest absolute Gasteiger partial charge is 0.342 e. The van der Waals surface area contributed by atoms with Gasteiger partial charge in [0.25, 0.3) is 0 Å². The molecule has 2 saturated heterocycles. The summed E-state index contributed by atoms with van der Waals surface area (Å²) in [5, 5.41) is 3.28. The summed E-state index contributed by atoms with van der Waals surface area (Å²) < 4.78 is 0. The van der Waals surface area contributed by atoms with E-state index >= 15 is 0 Å². The van der Waals surface area contributed by atoms with Crippen LogP contribution in [0, 0.1) is 11.8 Å². The molecule has 2 heterocycles. The molecule has 1 aliphatic carbocycles. The smallest absolute Gasteiger partial charge is 0.227 e. The minimum Gasteiger partial charge on any atom is -0.342 e. The van der Waals surface area contributed by atoms with E-state index in [1.165, 1.54) is 0 Å². The molecular weight excluding hydrogens is 304 g/mol. The quantitative estimate of drug-likeness (QED) is 0.772. The highest BCUT2D eigenvalue weighted by Crippen LogP contribution is 2.34. The summed E-state index contributed by atoms with van der Waals surface area (Å²) in [5.41, 5.74) is 6.01. The van der Waals surface area contributed by atoms with Crippen LogP contribution in [0.15, 0.2) is 0 Å². The molecule has 3 atom stereocenters. The summed E-state index contributed by atoms with van der Waals surface area (Å²) in [6.45, 7) is 6.68. The zero-order chi connectivity index (χ0) is 17.2. The number of rotatable bonds is 2. The third-order valence-electron chi connectivity index (χ3n) is 6.06. The molecule has 24 heavy (non-hydrogen) atoms. The first kappa shape index (κ1) is 17.7. The lowest BCUT2D eigenvalue weighted by atomic mass is 9.73. The summed E-state index contributed by atoms with van der Waals surface area (Å²) in [4.78, 5) is 29.7. The molecular formula is C18H32N4O2. The van der Waals surface area contributed by atoms with Gasteiger partial charge in [-0.2, -0.15) is 0 Å². The Morgan fingerprint density at radius 2 is 1.75 bits per heavy atom. The van der Waals surface area contributed by atoms with E-state index in [4.69, 9.17) is 5.73 Å². The van der Waals surface area contributed by atoms with Gasteiger partial charge in [-0.3, -0.25) is 9.59 Å². The minimum absolute atomic E-state index is 0.0339. The lowest BCUT2D eigenvalue weighted by Crippen LogP contribution is -2.56. The number of nitrogens with zero attached hydrogens (tertiary/aromatic N) is 2. The molecule has 2 amide bonds. The van der Waals surface area contributed by atoms with Crippen LogP contribution in [0.25, 0.3) is 0 Å². The second-order valence-corrected chi connectivity index (χ2v) is 8.00. The van der Waals surface area contributed by atoms with Crippen molar-refractivity contribution < 1.29 is 9.59 Å². The van der Waals surface area contributed by atoms with Crippen LogP contribution < -0.4 is 11.1 Å². The van der Waals surface area contributed by atoms with Crippen molar-refractivity contribution in [3.63, 3.8) is 0 Å². The van der Waals surface area contributed by atoms with Crippen molar-refractivity contribution in [3.05, 3.63) is 0 Å². The van der Waals surface area contributed by atoms with Crippen LogP contribution in [-0.4, -0.2) is 66.4 Å². The first-order valence-corrected chi connectivity index (χ1v) is 9.56. The topological polar surface area (TPSA) is 78.7 Å². The van der Waals surface area contributed by atoms with Gasteiger partial charge >= 0.3 is 0 Å². The summed E-state index contributed by atoms with van der Waals surface area (Å²) in [6.07, 6.45) is 5.82. The Morgan fingerprint density at radius 1 is 1.00 bits per heavy atom. The highest BCUT2D eigenvalue weighted by Gasteiger charge is 2.41. The third kappa shape index (κ3) is 3.75. The summed E-state index contributed by atoms with van der Waals surface area (Å²) >= 11 is 0. The molecule has 3 aliphatic rings. The number of carbonyl (C=O) groups is 2. The van der Waals surface area contributed by atoms with E-state index < -0.39 is 5.54 Å². The van der Waals surface area contributed by atoms with Crippen molar-refractivity contribution in [2.75, 3.05) is 39.3 Å². The van der Waals surface area contributed by atoms with Gasteiger partial charge in [0.05, 0.1) is 11.8 Å². The van der Waals surface area contributed by atoms with Gasteiger partial charge < -0.3 is 20.9 Å². The van der Waals surface area contributed by atoms with Crippen molar-refractivity contribution in [1.29, 1.82) is 0 Å². The predicted octanol–water partition coefficient (Wildman–Crippen LogP) is 0.564. The Hall–Kier alpha value is -1.14. The van der Waals surface area contributed by atoms with E-state index in [2.05, 4.69) is 5.32 Å². The maximum atomic E-state index is 13.0. The lowest BCUT2D eigenvalue weighted by Gasteiger charge is -2.42. The number of piperazine rings is 1. The second-order valence-electron chi connectivity index (χ2n) is 8.00. The monoisotopic (exact) mass is 336 g/mol. The SMILES string of the molecule is CC1(N)CCCCC1C(=O)N1CCCC(C(=O)N2CCNCC2)C1. The Labute approximate surface area is 145 Å². The number of piperidine rings is 1. The van der Waals surface area contributed by atoms with E-state index in [-0.39, 0.29) is 23.7 Å². The van der Waals surface area contributed by atoms with E-state index in [0.29, 0.717) is 6.54 Å². The van der Waals surface area contributed by atoms with E-state index in [1.807, 2.05) is 16.7 Å². The zero-order valence-electron chi connectivity index (χ0n) is 14.9. The Kier molecular flexibility index (Phi) is 5.45. The first-order chi connectivity index (χ1) is 11.5. The van der Waals surface area contributed by atoms with Gasteiger partial charge in [-0.15, -0.1) is 0 Å². The Morgan fingerprint density at radius 3 is 2.46 bits per heavy atom. The second kappa shape index (κ2) is 7.40. The average molecular weight is 336 g/mol. The molecule has 0 spiro atoms. The van der Waals surface area contributed by atoms with Crippen molar-refractivity contribution in [2.45, 2.75) is 51.0 Å². The van der Waals surface area contributed by atoms with Crippen LogP contribution in [0.4, 0.5) is 0 Å². The fourth-order valence-corrected chi connectivity index (χ4v) is 4.51. The lowest BCUT2D eigenvalue weighted by molar-refractivity contribution is -0.145. The van der Waals surface area contributed by atoms with E-state index in [9.17, 15) is 9.59 Å². The molecule has 6 heteroatoms. The molecule has 3 fully saturated rings. The fourth-order valence-electron chi connectivity index (χ4n) is 4.51. The van der Waals surface area contributed by atoms with Gasteiger partial charge in [0.15, 0.2) is 0 Å². The van der Waals surface area contributed by atoms with E-state index in [0.717, 1.165) is 71.2 Å². The number of nitrogens with one attached hydrogen (secondary N) is 1. The van der Waals surface area contributed by atoms with Gasteiger partial charge in [0.1, 0.15) is 0 Å². The molecule has 0 bridgehead atoms. The zero-order valence-corrected chi connectivity index (χ0v) is 14.9. The van der Waals surface area contributed by atoms with Gasteiger partial charge in [-0.25, -0.2) is 0 Å². The van der Waals surface area contributed by atoms with Crippen LogP contribution in [0.3, 0.4) is 0 Å². The molecule has 0 radical (unpaired) electrons. The van der Waals surface area contributed by atoms with Crippen LogP contribution >= 0.6 is 0 Å². The molecule has 6 nitrogen and oxygen atoms in total. The number of nitrogens with two attached hydrogens (primary N) is 1. The minimum atomic E-state index is -0.398. The van der Waals surface area contributed by atoms with Crippen molar-refractivity contribution >= 4 is 11.8 Å². The first-order valence-electron chi connectivity index (χ1n) is 9.56. The van der Waals surface area contributed by atoms with Crippen LogP contribution in [0.2, 0.25) is 0 Å². The van der Waals surface area contributed by atoms with Crippen molar-refractivity contribution in [3.8, 4) is 0 Å². The van der Waals surface area contributed by atoms with Crippen LogP contribution in [0.5, 0.6) is 0 Å². The molecule has 136 valence electrons. The van der Waals surface area contributed by atoms with Crippen LogP contribution in [-0.2, 0) is 9.59 Å². The van der Waals surface area contributed by atoms with Gasteiger partial charge in [0.2, 0.25) is 11.8 Å². The Balaban J connectivity index is 1.62. The average Bonchev–Trinajstić information content (AvgIpc) is 2.61. The Bertz CT molecular complexity index is 474. The van der Waals surface area contributed by atoms with Crippen molar-refractivity contribution in [1.82, 2.24) is 15.1 Å². The number of hydrogen-bond acceptors (Lipinski definition) is 4. The van der Waals surface area contributed by atoms with E-state index in [1.54, 1.807) is 0 Å². The number of hydrogen-bond donors (Lipinski definition) is 2. The summed E-state index contributed by atoms with van der Waals surface area (Å²) in [5.74, 6) is 0.290. The molecule has 0 aromatic carbocycles. The summed E-state index contributed by atoms with van der Waals surface area (Å²) in [6, 6.07) is 0. The fraction of sp³-hybridized carbons (Fsp3) is 0.889. The molecule has 3 unspecified atom stereocenters. The van der Waals surface area contributed by atoms with Crippen molar-refractivity contribution in [2.24, 2.45) is 17.6 Å². The standard InChI is InChI=1S/C18H32N4O2/c1-18(19)7-3-2-6-15(18)17(24)22-10-4-5-14(13-22)16(23)21-11-8-20-9-12-21/h14-15,20H,2-13,19H2,1H3. The molecule has 3 rings (SSSR count). The maximum Gasteiger partial charge on any atom is 0.227 e. The number of likely N-dealkylation sites (tertiary alicyclic amines) is 1. The number of carbonyl (C=O) groups excluding carboxylic acids is 2. The number of amides is 2. The molecule has 0 aromatic rings. The molecule has 0 aromatic heterocycles. The van der Waals surface area contributed by atoms with Gasteiger partial charge in [0, 0.05) is 44.8 Å². The predicted molar refractivity (Wildman–Crippen MR) is 93.3 cm³/mol. The normalized spacial score (nSPS) is 34.9. The highest BCUT2D eigenvalue weighted by molar-refractivity contribution is 5.83. The molecule has 2 aliphatic heterocycles. The highest BCUT2D eigenvalue weighted by atomic mass is 16.2. The molecule has 1 saturated carbocycles.